The van der Waals surface area contributed by atoms with E-state index in [2.05, 4.69) is 46.9 Å². The standard InChI is InChI=1S/C12H23NO2/c1-10(2,3)12(11(4,5)6)7-8-13-9(14)15-12/h7-8H2,1-6H3,(H,13,14). The molecule has 0 spiro atoms. The van der Waals surface area contributed by atoms with Gasteiger partial charge in [0.25, 0.3) is 0 Å². The number of ether oxygens (including phenoxy) is 1. The molecule has 0 atom stereocenters. The van der Waals surface area contributed by atoms with Gasteiger partial charge in [0.1, 0.15) is 5.60 Å². The Hall–Kier alpha value is -0.730. The summed E-state index contributed by atoms with van der Waals surface area (Å²) in [7, 11) is 0. The summed E-state index contributed by atoms with van der Waals surface area (Å²) in [5.74, 6) is 0. The second kappa shape index (κ2) is 3.39. The molecule has 0 bridgehead atoms. The second-order valence-electron chi connectivity index (χ2n) is 6.39. The van der Waals surface area contributed by atoms with Gasteiger partial charge in [0.15, 0.2) is 0 Å². The van der Waals surface area contributed by atoms with E-state index in [4.69, 9.17) is 4.74 Å². The minimum absolute atomic E-state index is 0.0526. The minimum atomic E-state index is -0.387. The lowest BCUT2D eigenvalue weighted by Crippen LogP contribution is -2.61. The van der Waals surface area contributed by atoms with Gasteiger partial charge in [-0.25, -0.2) is 4.79 Å². The number of alkyl carbamates (subject to hydrolysis) is 1. The van der Waals surface area contributed by atoms with E-state index in [1.54, 1.807) is 0 Å². The number of hydrogen-bond donors (Lipinski definition) is 1. The molecule has 0 radical (unpaired) electrons. The maximum atomic E-state index is 11.4. The molecule has 0 aromatic rings. The highest BCUT2D eigenvalue weighted by atomic mass is 16.6. The number of carbonyl (C=O) groups excluding carboxylic acids is 1. The predicted molar refractivity (Wildman–Crippen MR) is 60.7 cm³/mol. The Balaban J connectivity index is 3.13. The zero-order chi connectivity index (χ0) is 11.9. The van der Waals surface area contributed by atoms with E-state index in [9.17, 15) is 4.79 Å². The first-order valence-corrected chi connectivity index (χ1v) is 5.57. The van der Waals surface area contributed by atoms with Crippen molar-refractivity contribution >= 4 is 6.09 Å². The van der Waals surface area contributed by atoms with Gasteiger partial charge in [-0.1, -0.05) is 41.5 Å². The summed E-state index contributed by atoms with van der Waals surface area (Å²) < 4.78 is 5.65. The average Bonchev–Trinajstić information content (AvgIpc) is 1.99. The molecule has 1 rings (SSSR count). The maximum absolute atomic E-state index is 11.4. The molecule has 0 aromatic carbocycles. The van der Waals surface area contributed by atoms with Crippen molar-refractivity contribution in [1.82, 2.24) is 5.32 Å². The average molecular weight is 213 g/mol. The van der Waals surface area contributed by atoms with Crippen LogP contribution in [0.25, 0.3) is 0 Å². The number of rotatable bonds is 0. The molecule has 0 unspecified atom stereocenters. The Morgan fingerprint density at radius 1 is 1.13 bits per heavy atom. The predicted octanol–water partition coefficient (Wildman–Crippen LogP) is 2.95. The Kier molecular flexibility index (Phi) is 2.79. The van der Waals surface area contributed by atoms with Crippen molar-refractivity contribution in [3.8, 4) is 0 Å². The third-order valence-corrected chi connectivity index (χ3v) is 3.44. The molecule has 1 heterocycles. The first kappa shape index (κ1) is 12.3. The van der Waals surface area contributed by atoms with Gasteiger partial charge < -0.3 is 10.1 Å². The lowest BCUT2D eigenvalue weighted by Gasteiger charge is -2.54. The van der Waals surface area contributed by atoms with Crippen molar-refractivity contribution in [1.29, 1.82) is 0 Å². The lowest BCUT2D eigenvalue weighted by atomic mass is 9.60. The van der Waals surface area contributed by atoms with E-state index < -0.39 is 0 Å². The Morgan fingerprint density at radius 2 is 1.60 bits per heavy atom. The van der Waals surface area contributed by atoms with Crippen LogP contribution >= 0.6 is 0 Å². The van der Waals surface area contributed by atoms with E-state index in [0.29, 0.717) is 6.54 Å². The summed E-state index contributed by atoms with van der Waals surface area (Å²) in [5.41, 5.74) is -0.492. The molecule has 1 amide bonds. The fourth-order valence-electron chi connectivity index (χ4n) is 2.77. The highest BCUT2D eigenvalue weighted by Gasteiger charge is 2.55. The third-order valence-electron chi connectivity index (χ3n) is 3.44. The Labute approximate surface area is 92.6 Å². The molecule has 1 aliphatic heterocycles. The molecule has 1 aliphatic rings. The smallest absolute Gasteiger partial charge is 0.407 e. The maximum Gasteiger partial charge on any atom is 0.407 e. The molecule has 1 N–H and O–H groups in total. The summed E-state index contributed by atoms with van der Waals surface area (Å²) >= 11 is 0. The van der Waals surface area contributed by atoms with Gasteiger partial charge in [-0.05, 0) is 0 Å². The van der Waals surface area contributed by atoms with Gasteiger partial charge in [-0.3, -0.25) is 0 Å². The van der Waals surface area contributed by atoms with Crippen molar-refractivity contribution in [3.63, 3.8) is 0 Å². The van der Waals surface area contributed by atoms with Gasteiger partial charge in [-0.15, -0.1) is 0 Å². The first-order chi connectivity index (χ1) is 6.60. The highest BCUT2D eigenvalue weighted by Crippen LogP contribution is 2.49. The zero-order valence-corrected chi connectivity index (χ0v) is 10.7. The van der Waals surface area contributed by atoms with Crippen molar-refractivity contribution in [2.75, 3.05) is 6.54 Å². The van der Waals surface area contributed by atoms with Gasteiger partial charge >= 0.3 is 6.09 Å². The second-order valence-corrected chi connectivity index (χ2v) is 6.39. The molecule has 15 heavy (non-hydrogen) atoms. The van der Waals surface area contributed by atoms with E-state index >= 15 is 0 Å². The number of amides is 1. The normalized spacial score (nSPS) is 21.9. The van der Waals surface area contributed by atoms with E-state index in [-0.39, 0.29) is 22.5 Å². The van der Waals surface area contributed by atoms with Crippen LogP contribution in [0.4, 0.5) is 4.79 Å². The SMILES string of the molecule is CC(C)(C)C1(C(C)(C)C)CCNC(=O)O1. The molecule has 3 heteroatoms. The van der Waals surface area contributed by atoms with Crippen LogP contribution in [0.15, 0.2) is 0 Å². The molecule has 0 saturated carbocycles. The van der Waals surface area contributed by atoms with Crippen molar-refractivity contribution in [3.05, 3.63) is 0 Å². The van der Waals surface area contributed by atoms with Crippen LogP contribution in [-0.4, -0.2) is 18.2 Å². The number of nitrogens with one attached hydrogen (secondary N) is 1. The number of hydrogen-bond acceptors (Lipinski definition) is 2. The summed E-state index contributed by atoms with van der Waals surface area (Å²) in [6, 6.07) is 0. The van der Waals surface area contributed by atoms with Crippen molar-refractivity contribution < 1.29 is 9.53 Å². The first-order valence-electron chi connectivity index (χ1n) is 5.57. The molecule has 0 aliphatic carbocycles. The fourth-order valence-corrected chi connectivity index (χ4v) is 2.77. The van der Waals surface area contributed by atoms with Crippen LogP contribution in [0.5, 0.6) is 0 Å². The Bertz CT molecular complexity index is 244. The van der Waals surface area contributed by atoms with Crippen molar-refractivity contribution in [2.45, 2.75) is 53.6 Å². The molecule has 88 valence electrons. The van der Waals surface area contributed by atoms with Crippen LogP contribution < -0.4 is 5.32 Å². The van der Waals surface area contributed by atoms with Gasteiger partial charge in [-0.2, -0.15) is 0 Å². The quantitative estimate of drug-likeness (QED) is 0.672. The zero-order valence-electron chi connectivity index (χ0n) is 10.7. The summed E-state index contributed by atoms with van der Waals surface area (Å²) in [6.07, 6.45) is 0.581. The van der Waals surface area contributed by atoms with E-state index in [0.717, 1.165) is 6.42 Å². The molecule has 1 fully saturated rings. The molecular formula is C12H23NO2. The number of cyclic esters (lactones) is 1. The number of carbonyl (C=O) groups is 1. The Morgan fingerprint density at radius 3 is 1.87 bits per heavy atom. The fraction of sp³-hybridized carbons (Fsp3) is 0.917. The van der Waals surface area contributed by atoms with Crippen molar-refractivity contribution in [2.24, 2.45) is 10.8 Å². The van der Waals surface area contributed by atoms with Crippen LogP contribution in [0.3, 0.4) is 0 Å². The topological polar surface area (TPSA) is 38.3 Å². The van der Waals surface area contributed by atoms with Crippen LogP contribution in [-0.2, 0) is 4.74 Å². The van der Waals surface area contributed by atoms with Gasteiger partial charge in [0.2, 0.25) is 0 Å². The molecule has 1 saturated heterocycles. The van der Waals surface area contributed by atoms with Crippen LogP contribution in [0.1, 0.15) is 48.0 Å². The summed E-state index contributed by atoms with van der Waals surface area (Å²) in [5, 5.41) is 2.72. The third kappa shape index (κ3) is 1.97. The van der Waals surface area contributed by atoms with E-state index in [1.807, 2.05) is 0 Å². The molecule has 0 aromatic heterocycles. The van der Waals surface area contributed by atoms with Crippen LogP contribution in [0.2, 0.25) is 0 Å². The largest absolute Gasteiger partial charge is 0.442 e. The molecule has 3 nitrogen and oxygen atoms in total. The molecular weight excluding hydrogens is 190 g/mol. The van der Waals surface area contributed by atoms with Crippen LogP contribution in [0, 0.1) is 10.8 Å². The highest BCUT2D eigenvalue weighted by molar-refractivity contribution is 5.68. The minimum Gasteiger partial charge on any atom is -0.442 e. The summed E-state index contributed by atoms with van der Waals surface area (Å²) in [6.45, 7) is 13.5. The summed E-state index contributed by atoms with van der Waals surface area (Å²) in [4.78, 5) is 11.4. The van der Waals surface area contributed by atoms with Gasteiger partial charge in [0, 0.05) is 23.8 Å². The van der Waals surface area contributed by atoms with Gasteiger partial charge in [0.05, 0.1) is 0 Å². The monoisotopic (exact) mass is 213 g/mol. The lowest BCUT2D eigenvalue weighted by molar-refractivity contribution is -0.154. The van der Waals surface area contributed by atoms with E-state index in [1.165, 1.54) is 0 Å².